The first-order chi connectivity index (χ1) is 13.8. The standard InChI is InChI=1S/C19H21BrN6O3/c1-10(2)9-25-14-16(23(3)19(28)24(4)17(14)27)26-15(21-22-18(25)26)12-8-11(20)6-7-13(12)29-5/h6-8,10H,9H2,1-5H3. The Bertz CT molecular complexity index is 1380. The van der Waals surface area contributed by atoms with Gasteiger partial charge in [0.1, 0.15) is 5.75 Å². The number of nitrogens with zero attached hydrogens (tertiary/aromatic N) is 6. The molecule has 0 aliphatic carbocycles. The molecule has 3 heterocycles. The number of benzene rings is 1. The Morgan fingerprint density at radius 2 is 1.86 bits per heavy atom. The second kappa shape index (κ2) is 6.87. The Morgan fingerprint density at radius 3 is 2.52 bits per heavy atom. The Labute approximate surface area is 174 Å². The van der Waals surface area contributed by atoms with E-state index in [0.717, 1.165) is 9.04 Å². The van der Waals surface area contributed by atoms with E-state index in [1.807, 2.05) is 22.8 Å². The van der Waals surface area contributed by atoms with Crippen molar-refractivity contribution < 1.29 is 4.74 Å². The van der Waals surface area contributed by atoms with E-state index >= 15 is 0 Å². The van der Waals surface area contributed by atoms with Crippen LogP contribution < -0.4 is 16.0 Å². The summed E-state index contributed by atoms with van der Waals surface area (Å²) in [5.41, 5.74) is 0.804. The van der Waals surface area contributed by atoms with E-state index in [-0.39, 0.29) is 11.5 Å². The topological polar surface area (TPSA) is 88.3 Å². The second-order valence-corrected chi connectivity index (χ2v) is 8.30. The van der Waals surface area contributed by atoms with Crippen LogP contribution in [0.4, 0.5) is 0 Å². The molecule has 1 aromatic carbocycles. The van der Waals surface area contributed by atoms with Crippen molar-refractivity contribution in [3.05, 3.63) is 43.5 Å². The van der Waals surface area contributed by atoms with Crippen LogP contribution in [0.15, 0.2) is 32.3 Å². The molecule has 0 aliphatic rings. The molecule has 0 unspecified atom stereocenters. The van der Waals surface area contributed by atoms with E-state index in [2.05, 4.69) is 40.0 Å². The molecule has 29 heavy (non-hydrogen) atoms. The molecule has 0 saturated carbocycles. The Morgan fingerprint density at radius 1 is 1.14 bits per heavy atom. The van der Waals surface area contributed by atoms with Gasteiger partial charge in [0, 0.05) is 25.1 Å². The summed E-state index contributed by atoms with van der Waals surface area (Å²) < 4.78 is 12.5. The van der Waals surface area contributed by atoms with Crippen molar-refractivity contribution in [2.24, 2.45) is 20.0 Å². The van der Waals surface area contributed by atoms with Gasteiger partial charge in [0.05, 0.1) is 12.7 Å². The van der Waals surface area contributed by atoms with Crippen LogP contribution in [0.25, 0.3) is 28.3 Å². The van der Waals surface area contributed by atoms with Crippen LogP contribution in [-0.4, -0.2) is 35.4 Å². The van der Waals surface area contributed by atoms with Gasteiger partial charge in [-0.05, 0) is 24.1 Å². The summed E-state index contributed by atoms with van der Waals surface area (Å²) in [7, 11) is 4.71. The summed E-state index contributed by atoms with van der Waals surface area (Å²) in [5.74, 6) is 1.87. The van der Waals surface area contributed by atoms with Gasteiger partial charge < -0.3 is 9.30 Å². The molecule has 0 bridgehead atoms. The van der Waals surface area contributed by atoms with Crippen molar-refractivity contribution in [2.75, 3.05) is 7.11 Å². The molecule has 3 aromatic heterocycles. The van der Waals surface area contributed by atoms with Crippen molar-refractivity contribution in [3.63, 3.8) is 0 Å². The molecule has 9 nitrogen and oxygen atoms in total. The molecular weight excluding hydrogens is 440 g/mol. The summed E-state index contributed by atoms with van der Waals surface area (Å²) in [6.45, 7) is 4.68. The summed E-state index contributed by atoms with van der Waals surface area (Å²) in [4.78, 5) is 25.7. The first-order valence-corrected chi connectivity index (χ1v) is 9.92. The van der Waals surface area contributed by atoms with E-state index in [4.69, 9.17) is 4.74 Å². The van der Waals surface area contributed by atoms with Crippen LogP contribution in [0.2, 0.25) is 0 Å². The molecule has 0 atom stereocenters. The van der Waals surface area contributed by atoms with Crippen molar-refractivity contribution in [1.82, 2.24) is 28.3 Å². The molecule has 0 amide bonds. The number of fused-ring (bicyclic) bond motifs is 3. The zero-order chi connectivity index (χ0) is 21.0. The van der Waals surface area contributed by atoms with Crippen LogP contribution >= 0.6 is 15.9 Å². The minimum Gasteiger partial charge on any atom is -0.496 e. The summed E-state index contributed by atoms with van der Waals surface area (Å²) in [6.07, 6.45) is 0. The maximum atomic E-state index is 13.0. The Balaban J connectivity index is 2.24. The first kappa shape index (κ1) is 19.4. The number of methoxy groups -OCH3 is 1. The number of imidazole rings is 1. The van der Waals surface area contributed by atoms with Crippen molar-refractivity contribution in [1.29, 1.82) is 0 Å². The highest BCUT2D eigenvalue weighted by Crippen LogP contribution is 2.33. The van der Waals surface area contributed by atoms with Crippen molar-refractivity contribution in [2.45, 2.75) is 20.4 Å². The molecule has 10 heteroatoms. The summed E-state index contributed by atoms with van der Waals surface area (Å²) in [5, 5.41) is 8.76. The van der Waals surface area contributed by atoms with Crippen LogP contribution in [0.3, 0.4) is 0 Å². The van der Waals surface area contributed by atoms with Crippen LogP contribution in [0, 0.1) is 5.92 Å². The fourth-order valence-corrected chi connectivity index (χ4v) is 3.98. The Kier molecular flexibility index (Phi) is 4.60. The quantitative estimate of drug-likeness (QED) is 0.465. The third-order valence-corrected chi connectivity index (χ3v) is 5.42. The summed E-state index contributed by atoms with van der Waals surface area (Å²) in [6, 6.07) is 5.57. The zero-order valence-electron chi connectivity index (χ0n) is 16.8. The van der Waals surface area contributed by atoms with Gasteiger partial charge in [0.2, 0.25) is 5.78 Å². The minimum atomic E-state index is -0.410. The number of aromatic nitrogens is 6. The van der Waals surface area contributed by atoms with Gasteiger partial charge in [-0.25, -0.2) is 9.20 Å². The molecular formula is C19H21BrN6O3. The molecule has 0 N–H and O–H groups in total. The van der Waals surface area contributed by atoms with E-state index in [9.17, 15) is 9.59 Å². The molecule has 0 radical (unpaired) electrons. The van der Waals surface area contributed by atoms with Crippen molar-refractivity contribution >= 4 is 32.9 Å². The van der Waals surface area contributed by atoms with Crippen LogP contribution in [0.5, 0.6) is 5.75 Å². The third kappa shape index (κ3) is 2.81. The lowest BCUT2D eigenvalue weighted by atomic mass is 10.2. The van der Waals surface area contributed by atoms with Crippen LogP contribution in [-0.2, 0) is 20.6 Å². The maximum Gasteiger partial charge on any atom is 0.332 e. The number of hydrogen-bond acceptors (Lipinski definition) is 5. The monoisotopic (exact) mass is 460 g/mol. The lowest BCUT2D eigenvalue weighted by molar-refractivity contribution is 0.416. The highest BCUT2D eigenvalue weighted by molar-refractivity contribution is 9.10. The smallest absolute Gasteiger partial charge is 0.332 e. The van der Waals surface area contributed by atoms with Crippen molar-refractivity contribution in [3.8, 4) is 17.1 Å². The third-order valence-electron chi connectivity index (χ3n) is 4.93. The van der Waals surface area contributed by atoms with E-state index in [0.29, 0.717) is 40.6 Å². The fraction of sp³-hybridized carbons (Fsp3) is 0.368. The number of aryl methyl sites for hydroxylation is 1. The first-order valence-electron chi connectivity index (χ1n) is 9.13. The van der Waals surface area contributed by atoms with Gasteiger partial charge >= 0.3 is 5.69 Å². The predicted molar refractivity (Wildman–Crippen MR) is 113 cm³/mol. The zero-order valence-corrected chi connectivity index (χ0v) is 18.4. The van der Waals surface area contributed by atoms with Gasteiger partial charge in [0.15, 0.2) is 17.0 Å². The highest BCUT2D eigenvalue weighted by atomic mass is 79.9. The lowest BCUT2D eigenvalue weighted by Gasteiger charge is -2.09. The fourth-order valence-electron chi connectivity index (χ4n) is 3.62. The van der Waals surface area contributed by atoms with Gasteiger partial charge in [-0.1, -0.05) is 29.8 Å². The number of rotatable bonds is 4. The molecule has 0 aliphatic heterocycles. The largest absolute Gasteiger partial charge is 0.496 e. The SMILES string of the molecule is COc1ccc(Br)cc1-c1nnc2n(CC(C)C)c3c(=O)n(C)c(=O)n(C)c3n12. The van der Waals surface area contributed by atoms with Gasteiger partial charge in [-0.3, -0.25) is 13.9 Å². The van der Waals surface area contributed by atoms with Gasteiger partial charge in [-0.2, -0.15) is 0 Å². The second-order valence-electron chi connectivity index (χ2n) is 7.39. The molecule has 0 fully saturated rings. The number of ether oxygens (including phenoxy) is 1. The normalized spacial score (nSPS) is 11.8. The molecule has 4 rings (SSSR count). The lowest BCUT2D eigenvalue weighted by Crippen LogP contribution is -2.38. The van der Waals surface area contributed by atoms with Gasteiger partial charge in [-0.15, -0.1) is 10.2 Å². The van der Waals surface area contributed by atoms with Crippen LogP contribution in [0.1, 0.15) is 13.8 Å². The maximum absolute atomic E-state index is 13.0. The number of hydrogen-bond donors (Lipinski definition) is 0. The molecule has 152 valence electrons. The van der Waals surface area contributed by atoms with Gasteiger partial charge in [0.25, 0.3) is 5.56 Å². The average Bonchev–Trinajstić information content (AvgIpc) is 3.23. The Hall–Kier alpha value is -2.88. The molecule has 4 aromatic rings. The van der Waals surface area contributed by atoms with E-state index in [1.54, 1.807) is 18.6 Å². The average molecular weight is 461 g/mol. The predicted octanol–water partition coefficient (Wildman–Crippen LogP) is 2.18. The highest BCUT2D eigenvalue weighted by Gasteiger charge is 2.25. The van der Waals surface area contributed by atoms with E-state index in [1.165, 1.54) is 11.6 Å². The van der Waals surface area contributed by atoms with E-state index < -0.39 is 5.69 Å². The minimum absolute atomic E-state index is 0.261. The molecule has 0 saturated heterocycles. The summed E-state index contributed by atoms with van der Waals surface area (Å²) >= 11 is 3.48. The number of halogens is 1. The molecule has 0 spiro atoms.